The number of para-hydroxylation sites is 1. The molecular weight excluding hydrogens is 446 g/mol. The zero-order valence-electron chi connectivity index (χ0n) is 19.6. The minimum Gasteiger partial charge on any atom is -0.481 e. The number of anilines is 3. The molecule has 0 aliphatic heterocycles. The van der Waals surface area contributed by atoms with Crippen LogP contribution in [0.1, 0.15) is 33.1 Å². The van der Waals surface area contributed by atoms with E-state index in [1.807, 2.05) is 56.4 Å². The summed E-state index contributed by atoms with van der Waals surface area (Å²) >= 11 is 1.67. The number of methoxy groups -OCH3 is 1. The molecule has 2 atom stereocenters. The number of nitrogens with one attached hydrogen (secondary N) is 2. The number of thiazole rings is 1. The fraction of sp³-hybridized carbons (Fsp3) is 0.346. The van der Waals surface area contributed by atoms with Gasteiger partial charge in [-0.25, -0.2) is 15.0 Å². The molecule has 176 valence electrons. The number of pyridine rings is 2. The zero-order chi connectivity index (χ0) is 23.7. The number of nitrogens with zero attached hydrogens (tertiary/aromatic N) is 3. The van der Waals surface area contributed by atoms with E-state index in [9.17, 15) is 5.11 Å². The van der Waals surface area contributed by atoms with Gasteiger partial charge in [0.15, 0.2) is 0 Å². The lowest BCUT2D eigenvalue weighted by atomic mass is 9.89. The molecule has 1 aromatic carbocycles. The highest BCUT2D eigenvalue weighted by Gasteiger charge is 2.34. The Morgan fingerprint density at radius 1 is 1.12 bits per heavy atom. The van der Waals surface area contributed by atoms with Gasteiger partial charge in [-0.05, 0) is 57.2 Å². The van der Waals surface area contributed by atoms with Crippen molar-refractivity contribution in [2.24, 2.45) is 5.92 Å². The molecule has 0 radical (unpaired) electrons. The lowest BCUT2D eigenvalue weighted by Gasteiger charge is -2.26. The summed E-state index contributed by atoms with van der Waals surface area (Å²) in [5.41, 5.74) is 3.13. The Balaban J connectivity index is 1.47. The van der Waals surface area contributed by atoms with Crippen molar-refractivity contribution in [3.63, 3.8) is 0 Å². The van der Waals surface area contributed by atoms with E-state index in [2.05, 4.69) is 26.7 Å². The first-order chi connectivity index (χ1) is 16.4. The van der Waals surface area contributed by atoms with Crippen molar-refractivity contribution in [1.29, 1.82) is 0 Å². The van der Waals surface area contributed by atoms with E-state index in [-0.39, 0.29) is 12.0 Å². The minimum absolute atomic E-state index is 0.277. The van der Waals surface area contributed by atoms with E-state index in [0.717, 1.165) is 57.2 Å². The van der Waals surface area contributed by atoms with Gasteiger partial charge in [0.25, 0.3) is 0 Å². The fourth-order valence-electron chi connectivity index (χ4n) is 4.52. The van der Waals surface area contributed by atoms with E-state index in [4.69, 9.17) is 9.72 Å². The molecule has 34 heavy (non-hydrogen) atoms. The molecular formula is C26H29N5O2S. The van der Waals surface area contributed by atoms with Crippen LogP contribution in [-0.4, -0.2) is 38.8 Å². The molecule has 0 saturated heterocycles. The standard InChI is InChI=1S/C26H29N5O2S/c1-26(2,32)16-8-9-17(12-16)29-21-14-23(30-18-10-11-27-24(13-18)33-3)28-15-19(21)25-31-20-6-4-5-7-22(20)34-25/h4-7,10-11,13-17,32H,8-9,12H2,1-3H3,(H2,27,28,29,30). The normalized spacial score (nSPS) is 18.2. The average Bonchev–Trinajstić information content (AvgIpc) is 3.46. The molecule has 3 heterocycles. The van der Waals surface area contributed by atoms with Gasteiger partial charge in [-0.2, -0.15) is 0 Å². The van der Waals surface area contributed by atoms with Crippen molar-refractivity contribution in [3.8, 4) is 16.5 Å². The van der Waals surface area contributed by atoms with Gasteiger partial charge in [0.1, 0.15) is 10.8 Å². The molecule has 1 saturated carbocycles. The first-order valence-electron chi connectivity index (χ1n) is 11.5. The summed E-state index contributed by atoms with van der Waals surface area (Å²) in [4.78, 5) is 13.7. The predicted octanol–water partition coefficient (Wildman–Crippen LogP) is 5.86. The largest absolute Gasteiger partial charge is 0.481 e. The molecule has 7 nitrogen and oxygen atoms in total. The van der Waals surface area contributed by atoms with E-state index in [0.29, 0.717) is 5.88 Å². The fourth-order valence-corrected chi connectivity index (χ4v) is 5.51. The molecule has 3 N–H and O–H groups in total. The molecule has 5 rings (SSSR count). The van der Waals surface area contributed by atoms with Gasteiger partial charge in [-0.1, -0.05) is 12.1 Å². The van der Waals surface area contributed by atoms with Crippen LogP contribution in [0.15, 0.2) is 54.9 Å². The molecule has 0 spiro atoms. The first-order valence-corrected chi connectivity index (χ1v) is 12.3. The predicted molar refractivity (Wildman–Crippen MR) is 138 cm³/mol. The molecule has 0 amide bonds. The Labute approximate surface area is 203 Å². The van der Waals surface area contributed by atoms with Crippen molar-refractivity contribution in [3.05, 3.63) is 54.9 Å². The number of hydrogen-bond donors (Lipinski definition) is 3. The number of fused-ring (bicyclic) bond motifs is 1. The van der Waals surface area contributed by atoms with Gasteiger partial charge in [-0.15, -0.1) is 11.3 Å². The second kappa shape index (κ2) is 9.19. The van der Waals surface area contributed by atoms with Gasteiger partial charge in [0.05, 0.1) is 28.5 Å². The number of hydrogen-bond acceptors (Lipinski definition) is 8. The maximum atomic E-state index is 10.5. The average molecular weight is 476 g/mol. The van der Waals surface area contributed by atoms with Crippen LogP contribution in [0.2, 0.25) is 0 Å². The SMILES string of the molecule is COc1cc(Nc2cc(NC3CCC(C(C)(C)O)C3)c(-c3nc4ccccc4s3)cn2)ccn1. The van der Waals surface area contributed by atoms with Crippen LogP contribution in [0.5, 0.6) is 5.88 Å². The van der Waals surface area contributed by atoms with Crippen LogP contribution < -0.4 is 15.4 Å². The number of benzene rings is 1. The number of ether oxygens (including phenoxy) is 1. The summed E-state index contributed by atoms with van der Waals surface area (Å²) < 4.78 is 6.39. The third-order valence-electron chi connectivity index (χ3n) is 6.44. The van der Waals surface area contributed by atoms with E-state index >= 15 is 0 Å². The maximum Gasteiger partial charge on any atom is 0.214 e. The Morgan fingerprint density at radius 3 is 2.74 bits per heavy atom. The van der Waals surface area contributed by atoms with Crippen LogP contribution >= 0.6 is 11.3 Å². The van der Waals surface area contributed by atoms with Crippen LogP contribution in [0.3, 0.4) is 0 Å². The molecule has 1 aliphatic rings. The molecule has 3 aromatic heterocycles. The molecule has 8 heteroatoms. The monoisotopic (exact) mass is 475 g/mol. The van der Waals surface area contributed by atoms with Gasteiger partial charge < -0.3 is 20.5 Å². The van der Waals surface area contributed by atoms with Crippen molar-refractivity contribution >= 4 is 38.7 Å². The van der Waals surface area contributed by atoms with Gasteiger partial charge >= 0.3 is 0 Å². The Bertz CT molecular complexity index is 1270. The van der Waals surface area contributed by atoms with E-state index in [1.54, 1.807) is 24.6 Å². The summed E-state index contributed by atoms with van der Waals surface area (Å²) in [6.45, 7) is 3.81. The van der Waals surface area contributed by atoms with Crippen LogP contribution in [0.25, 0.3) is 20.8 Å². The van der Waals surface area contributed by atoms with Gasteiger partial charge in [0.2, 0.25) is 5.88 Å². The van der Waals surface area contributed by atoms with Crippen LogP contribution in [0, 0.1) is 5.92 Å². The Hall–Kier alpha value is -3.23. The summed E-state index contributed by atoms with van der Waals surface area (Å²) in [6, 6.07) is 14.2. The molecule has 0 bridgehead atoms. The molecule has 2 unspecified atom stereocenters. The molecule has 1 fully saturated rings. The number of aliphatic hydroxyl groups is 1. The van der Waals surface area contributed by atoms with Crippen molar-refractivity contribution in [2.45, 2.75) is 44.8 Å². The highest BCUT2D eigenvalue weighted by Crippen LogP contribution is 2.39. The van der Waals surface area contributed by atoms with Crippen LogP contribution in [0.4, 0.5) is 17.2 Å². The quantitative estimate of drug-likeness (QED) is 0.308. The summed E-state index contributed by atoms with van der Waals surface area (Å²) in [5, 5.41) is 18.5. The molecule has 1 aliphatic carbocycles. The van der Waals surface area contributed by atoms with E-state index in [1.165, 1.54) is 0 Å². The number of aromatic nitrogens is 3. The third kappa shape index (κ3) is 4.83. The second-order valence-electron chi connectivity index (χ2n) is 9.32. The summed E-state index contributed by atoms with van der Waals surface area (Å²) in [5.74, 6) is 1.54. The maximum absolute atomic E-state index is 10.5. The highest BCUT2D eigenvalue weighted by molar-refractivity contribution is 7.21. The number of rotatable bonds is 7. The zero-order valence-corrected chi connectivity index (χ0v) is 20.4. The van der Waals surface area contributed by atoms with E-state index < -0.39 is 5.60 Å². The summed E-state index contributed by atoms with van der Waals surface area (Å²) in [7, 11) is 1.60. The topological polar surface area (TPSA) is 92.2 Å². The van der Waals surface area contributed by atoms with Crippen molar-refractivity contribution < 1.29 is 9.84 Å². The Kier molecular flexibility index (Phi) is 6.10. The Morgan fingerprint density at radius 2 is 1.97 bits per heavy atom. The lowest BCUT2D eigenvalue weighted by molar-refractivity contribution is 0.0197. The van der Waals surface area contributed by atoms with Crippen LogP contribution in [-0.2, 0) is 0 Å². The minimum atomic E-state index is -0.669. The van der Waals surface area contributed by atoms with Gasteiger partial charge in [0, 0.05) is 41.9 Å². The smallest absolute Gasteiger partial charge is 0.214 e. The highest BCUT2D eigenvalue weighted by atomic mass is 32.1. The van der Waals surface area contributed by atoms with Gasteiger partial charge in [-0.3, -0.25) is 0 Å². The summed E-state index contributed by atoms with van der Waals surface area (Å²) in [6.07, 6.45) is 6.52. The van der Waals surface area contributed by atoms with Crippen molar-refractivity contribution in [1.82, 2.24) is 15.0 Å². The first kappa shape index (κ1) is 22.6. The van der Waals surface area contributed by atoms with Crippen molar-refractivity contribution in [2.75, 3.05) is 17.7 Å². The second-order valence-corrected chi connectivity index (χ2v) is 10.3. The molecule has 4 aromatic rings. The lowest BCUT2D eigenvalue weighted by Crippen LogP contribution is -2.30. The third-order valence-corrected chi connectivity index (χ3v) is 7.51.